The van der Waals surface area contributed by atoms with Crippen molar-refractivity contribution >= 4 is 38.9 Å². The number of nitrogens with one attached hydrogen (secondary N) is 1. The zero-order valence-corrected chi connectivity index (χ0v) is 14.4. The molecule has 114 valence electrons. The summed E-state index contributed by atoms with van der Waals surface area (Å²) in [7, 11) is -3.42. The van der Waals surface area contributed by atoms with Gasteiger partial charge in [0.05, 0.1) is 11.4 Å². The zero-order chi connectivity index (χ0) is 15.3. The van der Waals surface area contributed by atoms with E-state index in [4.69, 9.17) is 23.2 Å². The van der Waals surface area contributed by atoms with Gasteiger partial charge in [-0.25, -0.2) is 8.42 Å². The van der Waals surface area contributed by atoms with E-state index >= 15 is 0 Å². The monoisotopic (exact) mass is 337 g/mol. The van der Waals surface area contributed by atoms with E-state index in [-0.39, 0.29) is 11.7 Å². The Bertz CT molecular complexity index is 559. The van der Waals surface area contributed by atoms with Crippen LogP contribution >= 0.6 is 23.2 Å². The van der Waals surface area contributed by atoms with Crippen LogP contribution in [0.3, 0.4) is 0 Å². The molecule has 0 fully saturated rings. The van der Waals surface area contributed by atoms with Gasteiger partial charge < -0.3 is 0 Å². The van der Waals surface area contributed by atoms with Crippen LogP contribution in [0.2, 0.25) is 5.02 Å². The first kappa shape index (κ1) is 17.6. The molecule has 0 aliphatic rings. The summed E-state index contributed by atoms with van der Waals surface area (Å²) >= 11 is 11.9. The number of sulfonamides is 1. The van der Waals surface area contributed by atoms with E-state index in [9.17, 15) is 8.42 Å². The predicted octanol–water partition coefficient (Wildman–Crippen LogP) is 4.08. The Morgan fingerprint density at radius 1 is 1.25 bits per heavy atom. The molecule has 0 aromatic heterocycles. The molecule has 0 spiro atoms. The van der Waals surface area contributed by atoms with Crippen LogP contribution in [0.5, 0.6) is 0 Å². The lowest BCUT2D eigenvalue weighted by Gasteiger charge is -2.18. The molecule has 0 amide bonds. The Morgan fingerprint density at radius 3 is 2.40 bits per heavy atom. The Hall–Kier alpha value is -0.450. The van der Waals surface area contributed by atoms with Gasteiger partial charge in [0, 0.05) is 10.9 Å². The number of hydrogen-bond acceptors (Lipinski definition) is 2. The van der Waals surface area contributed by atoms with Crippen LogP contribution in [-0.4, -0.2) is 20.1 Å². The van der Waals surface area contributed by atoms with Gasteiger partial charge in [0.25, 0.3) is 0 Å². The fourth-order valence-electron chi connectivity index (χ4n) is 2.05. The minimum Gasteiger partial charge on any atom is -0.283 e. The van der Waals surface area contributed by atoms with Crippen molar-refractivity contribution in [3.63, 3.8) is 0 Å². The van der Waals surface area contributed by atoms with Gasteiger partial charge in [-0.2, -0.15) is 0 Å². The van der Waals surface area contributed by atoms with Crippen molar-refractivity contribution < 1.29 is 8.42 Å². The van der Waals surface area contributed by atoms with Gasteiger partial charge in [0.15, 0.2) is 0 Å². The second kappa shape index (κ2) is 7.53. The third kappa shape index (κ3) is 4.54. The smallest absolute Gasteiger partial charge is 0.233 e. The maximum absolute atomic E-state index is 12.2. The first-order valence-corrected chi connectivity index (χ1v) is 9.27. The van der Waals surface area contributed by atoms with E-state index in [0.717, 1.165) is 17.5 Å². The number of aryl methyl sites for hydroxylation is 1. The fourth-order valence-corrected chi connectivity index (χ4v) is 4.10. The maximum Gasteiger partial charge on any atom is 0.233 e. The average molecular weight is 338 g/mol. The van der Waals surface area contributed by atoms with Crippen molar-refractivity contribution in [1.29, 1.82) is 0 Å². The Kier molecular flexibility index (Phi) is 6.62. The molecule has 0 saturated carbocycles. The van der Waals surface area contributed by atoms with E-state index in [1.54, 1.807) is 0 Å². The number of anilines is 1. The second-order valence-corrected chi connectivity index (χ2v) is 7.39. The molecule has 0 aliphatic heterocycles. The zero-order valence-electron chi connectivity index (χ0n) is 12.0. The average Bonchev–Trinajstić information content (AvgIpc) is 2.38. The van der Waals surface area contributed by atoms with Crippen molar-refractivity contribution in [1.82, 2.24) is 0 Å². The van der Waals surface area contributed by atoms with Gasteiger partial charge in [-0.15, -0.1) is 11.6 Å². The highest BCUT2D eigenvalue weighted by Gasteiger charge is 2.19. The summed E-state index contributed by atoms with van der Waals surface area (Å²) < 4.78 is 27.1. The number of alkyl halides is 1. The van der Waals surface area contributed by atoms with Crippen molar-refractivity contribution in [2.45, 2.75) is 33.6 Å². The minimum atomic E-state index is -3.42. The molecule has 1 aromatic carbocycles. The quantitative estimate of drug-likeness (QED) is 0.762. The molecule has 0 saturated heterocycles. The largest absolute Gasteiger partial charge is 0.283 e. The van der Waals surface area contributed by atoms with Crippen molar-refractivity contribution in [3.8, 4) is 0 Å². The molecule has 1 aromatic rings. The van der Waals surface area contributed by atoms with Crippen LogP contribution in [-0.2, 0) is 22.9 Å². The molecular formula is C14H21Cl2NO2S. The van der Waals surface area contributed by atoms with Gasteiger partial charge in [0.2, 0.25) is 10.0 Å². The predicted molar refractivity (Wildman–Crippen MR) is 87.5 cm³/mol. The van der Waals surface area contributed by atoms with Gasteiger partial charge in [-0.1, -0.05) is 38.4 Å². The number of halogens is 2. The van der Waals surface area contributed by atoms with E-state index in [0.29, 0.717) is 23.0 Å². The highest BCUT2D eigenvalue weighted by molar-refractivity contribution is 7.92. The first-order chi connectivity index (χ1) is 9.34. The lowest BCUT2D eigenvalue weighted by atomic mass is 10.0. The van der Waals surface area contributed by atoms with Crippen LogP contribution in [0.15, 0.2) is 12.1 Å². The van der Waals surface area contributed by atoms with Gasteiger partial charge in [-0.05, 0) is 36.0 Å². The Balaban J connectivity index is 3.16. The first-order valence-electron chi connectivity index (χ1n) is 6.71. The van der Waals surface area contributed by atoms with Crippen LogP contribution in [0, 0.1) is 5.92 Å². The van der Waals surface area contributed by atoms with Crippen molar-refractivity contribution in [2.75, 3.05) is 16.4 Å². The van der Waals surface area contributed by atoms with Crippen LogP contribution < -0.4 is 4.72 Å². The summed E-state index contributed by atoms with van der Waals surface area (Å²) in [5.41, 5.74) is 2.42. The lowest BCUT2D eigenvalue weighted by molar-refractivity contribution is 0.588. The molecule has 1 rings (SSSR count). The number of benzene rings is 1. The molecule has 1 N–H and O–H groups in total. The maximum atomic E-state index is 12.2. The van der Waals surface area contributed by atoms with E-state index in [1.807, 2.05) is 32.9 Å². The normalized spacial score (nSPS) is 13.2. The van der Waals surface area contributed by atoms with Crippen LogP contribution in [0.25, 0.3) is 0 Å². The summed E-state index contributed by atoms with van der Waals surface area (Å²) in [4.78, 5) is 0. The van der Waals surface area contributed by atoms with Gasteiger partial charge in [0.1, 0.15) is 0 Å². The molecule has 0 heterocycles. The molecule has 6 heteroatoms. The van der Waals surface area contributed by atoms with Crippen LogP contribution in [0.4, 0.5) is 5.69 Å². The molecular weight excluding hydrogens is 317 g/mol. The third-order valence-electron chi connectivity index (χ3n) is 3.10. The summed E-state index contributed by atoms with van der Waals surface area (Å²) in [5.74, 6) is 0.232. The molecule has 1 atom stereocenters. The number of rotatable bonds is 7. The molecule has 1 unspecified atom stereocenters. The molecule has 0 bridgehead atoms. The fraction of sp³-hybridized carbons (Fsp3) is 0.571. The van der Waals surface area contributed by atoms with Crippen molar-refractivity contribution in [3.05, 3.63) is 28.3 Å². The topological polar surface area (TPSA) is 46.2 Å². The van der Waals surface area contributed by atoms with Gasteiger partial charge >= 0.3 is 0 Å². The highest BCUT2D eigenvalue weighted by Crippen LogP contribution is 2.30. The van der Waals surface area contributed by atoms with E-state index in [1.165, 1.54) is 0 Å². The minimum absolute atomic E-state index is 0.00925. The Labute approximate surface area is 131 Å². The summed E-state index contributed by atoms with van der Waals surface area (Å²) in [6.45, 7) is 5.76. The summed E-state index contributed by atoms with van der Waals surface area (Å²) in [6.07, 6.45) is 1.42. The molecule has 20 heavy (non-hydrogen) atoms. The Morgan fingerprint density at radius 2 is 1.90 bits per heavy atom. The van der Waals surface area contributed by atoms with E-state index in [2.05, 4.69) is 4.72 Å². The summed E-state index contributed by atoms with van der Waals surface area (Å²) in [5, 5.41) is 0.591. The van der Waals surface area contributed by atoms with Crippen molar-refractivity contribution in [2.24, 2.45) is 5.92 Å². The third-order valence-corrected chi connectivity index (χ3v) is 5.51. The molecule has 3 nitrogen and oxygen atoms in total. The standard InChI is InChI=1S/C14H21Cl2NO2S/c1-4-11-6-7-13(16)12(5-2)14(11)17-20(18,19)9-10(3)8-15/h6-7,10,17H,4-5,8-9H2,1-3H3. The SMILES string of the molecule is CCc1ccc(Cl)c(CC)c1NS(=O)(=O)CC(C)CCl. The number of hydrogen-bond donors (Lipinski definition) is 1. The van der Waals surface area contributed by atoms with E-state index < -0.39 is 10.0 Å². The second-order valence-electron chi connectivity index (χ2n) is 4.91. The van der Waals surface area contributed by atoms with Crippen LogP contribution in [0.1, 0.15) is 31.9 Å². The molecule has 0 aliphatic carbocycles. The highest BCUT2D eigenvalue weighted by atomic mass is 35.5. The lowest BCUT2D eigenvalue weighted by Crippen LogP contribution is -2.23. The van der Waals surface area contributed by atoms with Gasteiger partial charge in [-0.3, -0.25) is 4.72 Å². The summed E-state index contributed by atoms with van der Waals surface area (Å²) in [6, 6.07) is 3.68. The molecule has 0 radical (unpaired) electrons.